The molecule has 1 aromatic heterocycles. The number of furan rings is 1. The highest BCUT2D eigenvalue weighted by Gasteiger charge is 2.45. The molecule has 0 bridgehead atoms. The van der Waals surface area contributed by atoms with Crippen molar-refractivity contribution in [1.82, 2.24) is 10.6 Å². The third kappa shape index (κ3) is 4.30. The normalized spacial score (nSPS) is 18.2. The van der Waals surface area contributed by atoms with Gasteiger partial charge in [-0.15, -0.1) is 0 Å². The van der Waals surface area contributed by atoms with Crippen molar-refractivity contribution in [2.75, 3.05) is 19.6 Å². The topological polar surface area (TPSA) is 69.8 Å². The highest BCUT2D eigenvalue weighted by Crippen LogP contribution is 2.49. The van der Waals surface area contributed by atoms with E-state index in [9.17, 15) is 5.11 Å². The van der Waals surface area contributed by atoms with Gasteiger partial charge in [-0.3, -0.25) is 0 Å². The van der Waals surface area contributed by atoms with Gasteiger partial charge in [-0.2, -0.15) is 0 Å². The summed E-state index contributed by atoms with van der Waals surface area (Å²) >= 11 is 3.67. The van der Waals surface area contributed by atoms with Gasteiger partial charge >= 0.3 is 0 Å². The van der Waals surface area contributed by atoms with Crippen LogP contribution in [0.25, 0.3) is 0 Å². The summed E-state index contributed by atoms with van der Waals surface area (Å²) in [6.45, 7) is 5.53. The van der Waals surface area contributed by atoms with Gasteiger partial charge in [0.25, 0.3) is 0 Å². The van der Waals surface area contributed by atoms with Gasteiger partial charge in [0.05, 0.1) is 12.8 Å². The SMILES string of the molecule is CCNC(=NCC(C)(O)c1ccco1)NCC1(c2ccccc2Br)CC1. The Morgan fingerprint density at radius 3 is 2.65 bits per heavy atom. The number of hydrogen-bond acceptors (Lipinski definition) is 3. The fraction of sp³-hybridized carbons (Fsp3) is 0.450. The first-order valence-electron chi connectivity index (χ1n) is 9.00. The Bertz CT molecular complexity index is 752. The lowest BCUT2D eigenvalue weighted by atomic mass is 9.96. The van der Waals surface area contributed by atoms with Crippen molar-refractivity contribution in [1.29, 1.82) is 0 Å². The molecular formula is C20H26BrN3O2. The summed E-state index contributed by atoms with van der Waals surface area (Å²) in [6, 6.07) is 11.9. The van der Waals surface area contributed by atoms with Crippen molar-refractivity contribution >= 4 is 21.9 Å². The van der Waals surface area contributed by atoms with E-state index in [0.29, 0.717) is 11.7 Å². The molecule has 6 heteroatoms. The largest absolute Gasteiger partial charge is 0.466 e. The Morgan fingerprint density at radius 2 is 2.04 bits per heavy atom. The van der Waals surface area contributed by atoms with E-state index in [0.717, 1.165) is 30.4 Å². The minimum absolute atomic E-state index is 0.153. The van der Waals surface area contributed by atoms with Gasteiger partial charge in [-0.05, 0) is 50.5 Å². The summed E-state index contributed by atoms with van der Waals surface area (Å²) in [7, 11) is 0. The Hall–Kier alpha value is -1.79. The standard InChI is InChI=1S/C20H26BrN3O2/c1-3-22-18(23-13-19(2,25)17-9-6-12-26-17)24-14-20(10-11-20)15-7-4-5-8-16(15)21/h4-9,12,25H,3,10-11,13-14H2,1-2H3,(H2,22,23,24). The van der Waals surface area contributed by atoms with Crippen molar-refractivity contribution in [2.45, 2.75) is 37.7 Å². The van der Waals surface area contributed by atoms with E-state index < -0.39 is 5.60 Å². The maximum Gasteiger partial charge on any atom is 0.191 e. The summed E-state index contributed by atoms with van der Waals surface area (Å²) < 4.78 is 6.48. The zero-order valence-corrected chi connectivity index (χ0v) is 16.8. The van der Waals surface area contributed by atoms with E-state index in [4.69, 9.17) is 4.42 Å². The average molecular weight is 420 g/mol. The van der Waals surface area contributed by atoms with Gasteiger partial charge in [0.1, 0.15) is 11.4 Å². The van der Waals surface area contributed by atoms with E-state index in [1.54, 1.807) is 25.3 Å². The highest BCUT2D eigenvalue weighted by atomic mass is 79.9. The molecule has 3 N–H and O–H groups in total. The summed E-state index contributed by atoms with van der Waals surface area (Å²) in [5.74, 6) is 1.22. The Morgan fingerprint density at radius 1 is 1.27 bits per heavy atom. The molecule has 1 atom stereocenters. The van der Waals surface area contributed by atoms with Gasteiger partial charge in [0, 0.05) is 23.0 Å². The van der Waals surface area contributed by atoms with Crippen molar-refractivity contribution < 1.29 is 9.52 Å². The highest BCUT2D eigenvalue weighted by molar-refractivity contribution is 9.10. The van der Waals surface area contributed by atoms with E-state index in [1.165, 1.54) is 5.56 Å². The third-order valence-corrected chi connectivity index (χ3v) is 5.53. The smallest absolute Gasteiger partial charge is 0.191 e. The number of hydrogen-bond donors (Lipinski definition) is 3. The lowest BCUT2D eigenvalue weighted by Crippen LogP contribution is -2.42. The molecule has 0 radical (unpaired) electrons. The molecule has 0 saturated heterocycles. The molecule has 1 saturated carbocycles. The molecule has 0 spiro atoms. The zero-order chi connectivity index (χ0) is 18.6. The van der Waals surface area contributed by atoms with Crippen molar-refractivity contribution in [3.63, 3.8) is 0 Å². The van der Waals surface area contributed by atoms with Crippen molar-refractivity contribution in [2.24, 2.45) is 4.99 Å². The lowest BCUT2D eigenvalue weighted by molar-refractivity contribution is 0.0437. The number of guanidine groups is 1. The molecule has 0 aliphatic heterocycles. The second-order valence-electron chi connectivity index (χ2n) is 7.06. The fourth-order valence-corrected chi connectivity index (χ4v) is 3.78. The van der Waals surface area contributed by atoms with E-state index in [-0.39, 0.29) is 12.0 Å². The molecule has 140 valence electrons. The molecule has 1 fully saturated rings. The second-order valence-corrected chi connectivity index (χ2v) is 7.91. The number of aliphatic hydroxyl groups is 1. The Balaban J connectivity index is 1.66. The maximum absolute atomic E-state index is 10.6. The number of halogens is 1. The van der Waals surface area contributed by atoms with Crippen molar-refractivity contribution in [3.05, 3.63) is 58.5 Å². The Labute approximate surface area is 163 Å². The minimum Gasteiger partial charge on any atom is -0.466 e. The fourth-order valence-electron chi connectivity index (χ4n) is 3.07. The van der Waals surface area contributed by atoms with E-state index >= 15 is 0 Å². The van der Waals surface area contributed by atoms with E-state index in [2.05, 4.69) is 49.8 Å². The number of benzene rings is 1. The minimum atomic E-state index is -1.13. The van der Waals surface area contributed by atoms with Gasteiger partial charge in [0.15, 0.2) is 5.96 Å². The third-order valence-electron chi connectivity index (χ3n) is 4.83. The first-order chi connectivity index (χ1) is 12.5. The zero-order valence-electron chi connectivity index (χ0n) is 15.3. The summed E-state index contributed by atoms with van der Waals surface area (Å²) in [4.78, 5) is 4.56. The second kappa shape index (κ2) is 7.84. The van der Waals surface area contributed by atoms with Crippen molar-refractivity contribution in [3.8, 4) is 0 Å². The predicted molar refractivity (Wildman–Crippen MR) is 107 cm³/mol. The molecule has 1 heterocycles. The van der Waals surface area contributed by atoms with Gasteiger partial charge < -0.3 is 20.2 Å². The molecule has 1 aliphatic rings. The maximum atomic E-state index is 10.6. The van der Waals surface area contributed by atoms with Crippen LogP contribution in [0.4, 0.5) is 0 Å². The predicted octanol–water partition coefficient (Wildman–Crippen LogP) is 3.54. The van der Waals surface area contributed by atoms with Crippen LogP contribution in [-0.2, 0) is 11.0 Å². The quantitative estimate of drug-likeness (QED) is 0.474. The van der Waals surface area contributed by atoms with Crippen LogP contribution in [0, 0.1) is 0 Å². The number of aliphatic imine (C=N–C) groups is 1. The number of rotatable bonds is 7. The van der Waals surface area contributed by atoms with Crippen LogP contribution in [0.2, 0.25) is 0 Å². The molecule has 3 rings (SSSR count). The van der Waals surface area contributed by atoms with Gasteiger partial charge in [-0.25, -0.2) is 4.99 Å². The molecule has 2 aromatic rings. The van der Waals surface area contributed by atoms with Gasteiger partial charge in [-0.1, -0.05) is 34.1 Å². The monoisotopic (exact) mass is 419 g/mol. The molecular weight excluding hydrogens is 394 g/mol. The Kier molecular flexibility index (Phi) is 5.73. The van der Waals surface area contributed by atoms with Crippen LogP contribution >= 0.6 is 15.9 Å². The van der Waals surface area contributed by atoms with Crippen LogP contribution in [0.1, 0.15) is 38.0 Å². The van der Waals surface area contributed by atoms with Crippen LogP contribution < -0.4 is 10.6 Å². The summed E-state index contributed by atoms with van der Waals surface area (Å²) in [5, 5.41) is 17.3. The first-order valence-corrected chi connectivity index (χ1v) is 9.80. The number of nitrogens with one attached hydrogen (secondary N) is 2. The average Bonchev–Trinajstić information content (AvgIpc) is 3.18. The summed E-state index contributed by atoms with van der Waals surface area (Å²) in [5.41, 5.74) is 0.358. The molecule has 1 aromatic carbocycles. The van der Waals surface area contributed by atoms with Crippen LogP contribution in [0.3, 0.4) is 0 Å². The van der Waals surface area contributed by atoms with Crippen LogP contribution in [-0.4, -0.2) is 30.7 Å². The lowest BCUT2D eigenvalue weighted by Gasteiger charge is -2.22. The molecule has 26 heavy (non-hydrogen) atoms. The van der Waals surface area contributed by atoms with Gasteiger partial charge in [0.2, 0.25) is 0 Å². The molecule has 0 amide bonds. The number of nitrogens with zero attached hydrogens (tertiary/aromatic N) is 1. The van der Waals surface area contributed by atoms with Crippen LogP contribution in [0.15, 0.2) is 56.5 Å². The molecule has 5 nitrogen and oxygen atoms in total. The first kappa shape index (κ1) is 19.0. The molecule has 1 aliphatic carbocycles. The molecule has 1 unspecified atom stereocenters. The van der Waals surface area contributed by atoms with Crippen LogP contribution in [0.5, 0.6) is 0 Å². The van der Waals surface area contributed by atoms with E-state index in [1.807, 2.05) is 13.0 Å². The summed E-state index contributed by atoms with van der Waals surface area (Å²) in [6.07, 6.45) is 3.88.